The first-order chi connectivity index (χ1) is 14.8. The molecule has 0 radical (unpaired) electrons. The van der Waals surface area contributed by atoms with Gasteiger partial charge in [0.15, 0.2) is 6.10 Å². The van der Waals surface area contributed by atoms with Gasteiger partial charge in [-0.3, -0.25) is 4.79 Å². The molecule has 0 aliphatic heterocycles. The first-order valence-electron chi connectivity index (χ1n) is 10.1. The van der Waals surface area contributed by atoms with E-state index in [2.05, 4.69) is 10.4 Å². The summed E-state index contributed by atoms with van der Waals surface area (Å²) in [5.74, 6) is -1.06. The van der Waals surface area contributed by atoms with Crippen molar-refractivity contribution in [3.8, 4) is 0 Å². The predicted octanol–water partition coefficient (Wildman–Crippen LogP) is 4.62. The molecule has 0 saturated carbocycles. The third-order valence-electron chi connectivity index (χ3n) is 5.03. The standard InChI is InChI=1S/C24H26ClN3O3/c1-15-10-12-19(13-11-15)14-28-22(25)21(17(3)27-28)24(30)31-18(4)23(29)26-16(2)20-8-6-5-7-9-20/h5-13,16,18H,14H2,1-4H3,(H,26,29). The van der Waals surface area contributed by atoms with Crippen LogP contribution in [0.15, 0.2) is 54.6 Å². The molecule has 2 atom stereocenters. The Labute approximate surface area is 187 Å². The highest BCUT2D eigenvalue weighted by Gasteiger charge is 2.26. The lowest BCUT2D eigenvalue weighted by atomic mass is 10.1. The number of nitrogens with zero attached hydrogens (tertiary/aromatic N) is 2. The molecule has 0 saturated heterocycles. The number of hydrogen-bond donors (Lipinski definition) is 1. The maximum atomic E-state index is 12.7. The number of amides is 1. The first-order valence-corrected chi connectivity index (χ1v) is 10.5. The highest BCUT2D eigenvalue weighted by atomic mass is 35.5. The molecular formula is C24H26ClN3O3. The predicted molar refractivity (Wildman–Crippen MR) is 120 cm³/mol. The summed E-state index contributed by atoms with van der Waals surface area (Å²) in [6.07, 6.45) is -0.977. The quantitative estimate of drug-likeness (QED) is 0.545. The number of nitrogens with one attached hydrogen (secondary N) is 1. The second-order valence-corrected chi connectivity index (χ2v) is 7.94. The van der Waals surface area contributed by atoms with Crippen molar-refractivity contribution in [1.82, 2.24) is 15.1 Å². The van der Waals surface area contributed by atoms with Crippen molar-refractivity contribution in [2.45, 2.75) is 46.4 Å². The maximum absolute atomic E-state index is 12.7. The Hall–Kier alpha value is -3.12. The molecule has 6 nitrogen and oxygen atoms in total. The number of carbonyl (C=O) groups excluding carboxylic acids is 2. The van der Waals surface area contributed by atoms with E-state index in [9.17, 15) is 9.59 Å². The SMILES string of the molecule is Cc1ccc(Cn2nc(C)c(C(=O)OC(C)C(=O)NC(C)c3ccccc3)c2Cl)cc1. The Balaban J connectivity index is 1.66. The molecule has 1 N–H and O–H groups in total. The second-order valence-electron chi connectivity index (χ2n) is 7.58. The summed E-state index contributed by atoms with van der Waals surface area (Å²) in [6.45, 7) is 7.54. The largest absolute Gasteiger partial charge is 0.449 e. The van der Waals surface area contributed by atoms with Crippen LogP contribution in [0.3, 0.4) is 0 Å². The van der Waals surface area contributed by atoms with Crippen molar-refractivity contribution in [1.29, 1.82) is 0 Å². The average molecular weight is 440 g/mol. The van der Waals surface area contributed by atoms with Crippen LogP contribution in [-0.4, -0.2) is 27.8 Å². The number of aryl methyl sites for hydroxylation is 2. The minimum Gasteiger partial charge on any atom is -0.449 e. The van der Waals surface area contributed by atoms with Crippen molar-refractivity contribution < 1.29 is 14.3 Å². The summed E-state index contributed by atoms with van der Waals surface area (Å²) in [6, 6.07) is 17.3. The van der Waals surface area contributed by atoms with Crippen molar-refractivity contribution in [2.24, 2.45) is 0 Å². The number of halogens is 1. The average Bonchev–Trinajstić information content (AvgIpc) is 3.03. The summed E-state index contributed by atoms with van der Waals surface area (Å²) >= 11 is 6.43. The van der Waals surface area contributed by atoms with Gasteiger partial charge in [0, 0.05) is 0 Å². The minimum absolute atomic E-state index is 0.171. The maximum Gasteiger partial charge on any atom is 0.343 e. The van der Waals surface area contributed by atoms with Crippen molar-refractivity contribution >= 4 is 23.5 Å². The van der Waals surface area contributed by atoms with Crippen LogP contribution in [0.2, 0.25) is 5.15 Å². The van der Waals surface area contributed by atoms with Gasteiger partial charge in [0.05, 0.1) is 18.3 Å². The summed E-state index contributed by atoms with van der Waals surface area (Å²) in [5, 5.41) is 7.42. The van der Waals surface area contributed by atoms with Gasteiger partial charge < -0.3 is 10.1 Å². The lowest BCUT2D eigenvalue weighted by Gasteiger charge is -2.18. The van der Waals surface area contributed by atoms with E-state index in [4.69, 9.17) is 16.3 Å². The fourth-order valence-corrected chi connectivity index (χ4v) is 3.50. The van der Waals surface area contributed by atoms with E-state index < -0.39 is 12.1 Å². The molecule has 162 valence electrons. The van der Waals surface area contributed by atoms with E-state index in [1.807, 2.05) is 68.4 Å². The molecule has 2 unspecified atom stereocenters. The molecule has 3 rings (SSSR count). The molecule has 0 spiro atoms. The Morgan fingerprint density at radius 3 is 2.35 bits per heavy atom. The molecule has 1 heterocycles. The van der Waals surface area contributed by atoms with Gasteiger partial charge in [-0.25, -0.2) is 9.48 Å². The smallest absolute Gasteiger partial charge is 0.343 e. The summed E-state index contributed by atoms with van der Waals surface area (Å²) in [5.41, 5.74) is 3.75. The number of ether oxygens (including phenoxy) is 1. The molecule has 7 heteroatoms. The fourth-order valence-electron chi connectivity index (χ4n) is 3.19. The van der Waals surface area contributed by atoms with Gasteiger partial charge in [0.25, 0.3) is 5.91 Å². The van der Waals surface area contributed by atoms with Crippen LogP contribution in [0, 0.1) is 13.8 Å². The number of benzene rings is 2. The van der Waals surface area contributed by atoms with E-state index in [1.165, 1.54) is 6.92 Å². The molecule has 31 heavy (non-hydrogen) atoms. The first kappa shape index (κ1) is 22.6. The third kappa shape index (κ3) is 5.52. The molecule has 0 aliphatic carbocycles. The van der Waals surface area contributed by atoms with Crippen LogP contribution in [-0.2, 0) is 16.1 Å². The minimum atomic E-state index is -0.977. The van der Waals surface area contributed by atoms with E-state index in [1.54, 1.807) is 11.6 Å². The summed E-state index contributed by atoms with van der Waals surface area (Å²) < 4.78 is 6.94. The van der Waals surface area contributed by atoms with Gasteiger partial charge in [-0.15, -0.1) is 0 Å². The second kappa shape index (κ2) is 9.79. The van der Waals surface area contributed by atoms with E-state index >= 15 is 0 Å². The van der Waals surface area contributed by atoms with Crippen LogP contribution in [0.25, 0.3) is 0 Å². The van der Waals surface area contributed by atoms with Crippen LogP contribution in [0.4, 0.5) is 0 Å². The zero-order valence-corrected chi connectivity index (χ0v) is 18.8. The molecule has 2 aromatic carbocycles. The van der Waals surface area contributed by atoms with Crippen LogP contribution in [0.1, 0.15) is 52.6 Å². The number of aromatic nitrogens is 2. The summed E-state index contributed by atoms with van der Waals surface area (Å²) in [7, 11) is 0. The topological polar surface area (TPSA) is 73.2 Å². The number of hydrogen-bond acceptors (Lipinski definition) is 4. The van der Waals surface area contributed by atoms with Crippen LogP contribution in [0.5, 0.6) is 0 Å². The lowest BCUT2D eigenvalue weighted by molar-refractivity contribution is -0.129. The third-order valence-corrected chi connectivity index (χ3v) is 5.42. The van der Waals surface area contributed by atoms with Crippen molar-refractivity contribution in [2.75, 3.05) is 0 Å². The van der Waals surface area contributed by atoms with Gasteiger partial charge in [0.1, 0.15) is 10.7 Å². The normalized spacial score (nSPS) is 12.8. The molecule has 0 aliphatic rings. The van der Waals surface area contributed by atoms with Gasteiger partial charge in [-0.1, -0.05) is 71.8 Å². The number of carbonyl (C=O) groups is 2. The van der Waals surface area contributed by atoms with Gasteiger partial charge >= 0.3 is 5.97 Å². The Kier molecular flexibility index (Phi) is 7.13. The molecule has 1 amide bonds. The highest BCUT2D eigenvalue weighted by Crippen LogP contribution is 2.23. The lowest BCUT2D eigenvalue weighted by Crippen LogP contribution is -2.37. The zero-order chi connectivity index (χ0) is 22.5. The van der Waals surface area contributed by atoms with Gasteiger partial charge in [0.2, 0.25) is 0 Å². The molecular weight excluding hydrogens is 414 g/mol. The zero-order valence-electron chi connectivity index (χ0n) is 18.1. The Morgan fingerprint density at radius 1 is 1.06 bits per heavy atom. The monoisotopic (exact) mass is 439 g/mol. The van der Waals surface area contributed by atoms with E-state index in [-0.39, 0.29) is 22.7 Å². The van der Waals surface area contributed by atoms with Gasteiger partial charge in [-0.2, -0.15) is 5.10 Å². The fraction of sp³-hybridized carbons (Fsp3) is 0.292. The Morgan fingerprint density at radius 2 is 1.71 bits per heavy atom. The molecule has 1 aromatic heterocycles. The van der Waals surface area contributed by atoms with Crippen LogP contribution >= 0.6 is 11.6 Å². The van der Waals surface area contributed by atoms with E-state index in [0.717, 1.165) is 16.7 Å². The van der Waals surface area contributed by atoms with E-state index in [0.29, 0.717) is 12.2 Å². The van der Waals surface area contributed by atoms with Gasteiger partial charge in [-0.05, 0) is 38.8 Å². The van der Waals surface area contributed by atoms with Crippen molar-refractivity contribution in [3.05, 3.63) is 87.7 Å². The Bertz CT molecular complexity index is 1060. The summed E-state index contributed by atoms with van der Waals surface area (Å²) in [4.78, 5) is 25.2. The van der Waals surface area contributed by atoms with Crippen LogP contribution < -0.4 is 5.32 Å². The number of rotatable bonds is 7. The molecule has 3 aromatic rings. The number of esters is 1. The van der Waals surface area contributed by atoms with Crippen molar-refractivity contribution in [3.63, 3.8) is 0 Å². The molecule has 0 bridgehead atoms. The highest BCUT2D eigenvalue weighted by molar-refractivity contribution is 6.32. The molecule has 0 fully saturated rings.